The van der Waals surface area contributed by atoms with E-state index in [0.29, 0.717) is 16.7 Å². The second-order valence-corrected chi connectivity index (χ2v) is 4.23. The summed E-state index contributed by atoms with van der Waals surface area (Å²) in [5.41, 5.74) is 0.577. The molecule has 100 valence electrons. The second-order valence-electron chi connectivity index (χ2n) is 4.23. The molecule has 0 aliphatic rings. The first-order valence-electron chi connectivity index (χ1n) is 6.01. The van der Waals surface area contributed by atoms with Gasteiger partial charge in [0.25, 0.3) is 0 Å². The smallest absolute Gasteiger partial charge is 0.340 e. The number of nitrogens with zero attached hydrogens (tertiary/aromatic N) is 2. The molecule has 0 fully saturated rings. The van der Waals surface area contributed by atoms with E-state index in [0.717, 1.165) is 0 Å². The average molecular weight is 270 g/mol. The van der Waals surface area contributed by atoms with Crippen LogP contribution in [0.15, 0.2) is 48.8 Å². The first-order valence-corrected chi connectivity index (χ1v) is 6.01. The van der Waals surface area contributed by atoms with E-state index < -0.39 is 11.8 Å². The molecule has 0 saturated heterocycles. The van der Waals surface area contributed by atoms with Crippen molar-refractivity contribution in [2.75, 3.05) is 7.11 Å². The highest BCUT2D eigenvalue weighted by Gasteiger charge is 2.17. The van der Waals surface area contributed by atoms with E-state index in [1.54, 1.807) is 29.1 Å². The van der Waals surface area contributed by atoms with E-state index >= 15 is 0 Å². The molecule has 0 radical (unpaired) electrons. The van der Waals surface area contributed by atoms with Gasteiger partial charge in [-0.05, 0) is 30.3 Å². The average Bonchev–Trinajstić information content (AvgIpc) is 2.92. The van der Waals surface area contributed by atoms with E-state index in [2.05, 4.69) is 9.72 Å². The van der Waals surface area contributed by atoms with Gasteiger partial charge in [-0.3, -0.25) is 0 Å². The number of benzene rings is 1. The Labute approximate surface area is 114 Å². The zero-order valence-electron chi connectivity index (χ0n) is 10.7. The number of hydrogen-bond acceptors (Lipinski definition) is 3. The van der Waals surface area contributed by atoms with Gasteiger partial charge in [0, 0.05) is 17.8 Å². The number of methoxy groups -OCH3 is 1. The zero-order valence-corrected chi connectivity index (χ0v) is 10.7. The molecule has 2 aromatic heterocycles. The first-order chi connectivity index (χ1) is 9.72. The van der Waals surface area contributed by atoms with Gasteiger partial charge in [-0.15, -0.1) is 0 Å². The van der Waals surface area contributed by atoms with Crippen LogP contribution in [0.25, 0.3) is 16.7 Å². The second kappa shape index (κ2) is 4.77. The van der Waals surface area contributed by atoms with Crippen molar-refractivity contribution in [3.63, 3.8) is 0 Å². The van der Waals surface area contributed by atoms with Gasteiger partial charge in [-0.2, -0.15) is 0 Å². The summed E-state index contributed by atoms with van der Waals surface area (Å²) >= 11 is 0. The molecule has 0 atom stereocenters. The molecule has 0 bridgehead atoms. The summed E-state index contributed by atoms with van der Waals surface area (Å²) in [5, 5.41) is 0.360. The fourth-order valence-electron chi connectivity index (χ4n) is 2.14. The molecule has 1 aromatic carbocycles. The van der Waals surface area contributed by atoms with Crippen LogP contribution in [-0.2, 0) is 4.74 Å². The van der Waals surface area contributed by atoms with Crippen molar-refractivity contribution < 1.29 is 13.9 Å². The Bertz CT molecular complexity index is 781. The van der Waals surface area contributed by atoms with Crippen molar-refractivity contribution in [1.29, 1.82) is 0 Å². The summed E-state index contributed by atoms with van der Waals surface area (Å²) in [6.07, 6.45) is 3.39. The molecule has 3 aromatic rings. The number of carbonyl (C=O) groups excluding carboxylic acids is 1. The lowest BCUT2D eigenvalue weighted by atomic mass is 10.1. The molecule has 5 heteroatoms. The van der Waals surface area contributed by atoms with Crippen LogP contribution in [-0.4, -0.2) is 22.6 Å². The summed E-state index contributed by atoms with van der Waals surface area (Å²) in [4.78, 5) is 15.7. The molecule has 3 rings (SSSR count). The Morgan fingerprint density at radius 3 is 2.80 bits per heavy atom. The predicted molar refractivity (Wildman–Crippen MR) is 72.4 cm³/mol. The van der Waals surface area contributed by atoms with E-state index in [1.165, 1.54) is 13.2 Å². The molecule has 0 amide bonds. The van der Waals surface area contributed by atoms with E-state index in [1.807, 2.05) is 18.2 Å². The van der Waals surface area contributed by atoms with Crippen LogP contribution in [0.5, 0.6) is 0 Å². The van der Waals surface area contributed by atoms with Crippen LogP contribution in [0.1, 0.15) is 10.4 Å². The van der Waals surface area contributed by atoms with Gasteiger partial charge < -0.3 is 9.30 Å². The highest BCUT2D eigenvalue weighted by Crippen LogP contribution is 2.24. The van der Waals surface area contributed by atoms with Gasteiger partial charge in [0.1, 0.15) is 11.6 Å². The van der Waals surface area contributed by atoms with Crippen molar-refractivity contribution in [1.82, 2.24) is 9.55 Å². The van der Waals surface area contributed by atoms with Gasteiger partial charge in [0.15, 0.2) is 0 Å². The SMILES string of the molecule is COC(=O)c1ccc2c(ccn2-c2ccccn2)c1F. The van der Waals surface area contributed by atoms with Gasteiger partial charge in [0.2, 0.25) is 0 Å². The van der Waals surface area contributed by atoms with Crippen molar-refractivity contribution in [3.8, 4) is 5.82 Å². The number of fused-ring (bicyclic) bond motifs is 1. The van der Waals surface area contributed by atoms with Crippen LogP contribution >= 0.6 is 0 Å². The first kappa shape index (κ1) is 12.3. The number of ether oxygens (including phenoxy) is 1. The molecule has 20 heavy (non-hydrogen) atoms. The molecule has 0 aliphatic carbocycles. The maximum absolute atomic E-state index is 14.3. The maximum Gasteiger partial charge on any atom is 0.340 e. The summed E-state index contributed by atoms with van der Waals surface area (Å²) in [5.74, 6) is -0.577. The van der Waals surface area contributed by atoms with Crippen LogP contribution in [0.3, 0.4) is 0 Å². The summed E-state index contributed by atoms with van der Waals surface area (Å²) in [6, 6.07) is 10.2. The van der Waals surface area contributed by atoms with E-state index in [9.17, 15) is 9.18 Å². The summed E-state index contributed by atoms with van der Waals surface area (Å²) in [6.45, 7) is 0. The number of hydrogen-bond donors (Lipinski definition) is 0. The van der Waals surface area contributed by atoms with Gasteiger partial charge in [0.05, 0.1) is 18.2 Å². The quantitative estimate of drug-likeness (QED) is 0.672. The normalized spacial score (nSPS) is 10.7. The molecule has 0 spiro atoms. The van der Waals surface area contributed by atoms with Crippen molar-refractivity contribution >= 4 is 16.9 Å². The number of rotatable bonds is 2. The third-order valence-electron chi connectivity index (χ3n) is 3.11. The number of carbonyl (C=O) groups is 1. The van der Waals surface area contributed by atoms with Crippen molar-refractivity contribution in [2.24, 2.45) is 0 Å². The van der Waals surface area contributed by atoms with Crippen molar-refractivity contribution in [2.45, 2.75) is 0 Å². The van der Waals surface area contributed by atoms with Crippen LogP contribution in [0.4, 0.5) is 4.39 Å². The van der Waals surface area contributed by atoms with Gasteiger partial charge in [-0.25, -0.2) is 14.2 Å². The van der Waals surface area contributed by atoms with Crippen LogP contribution < -0.4 is 0 Å². The van der Waals surface area contributed by atoms with Crippen LogP contribution in [0, 0.1) is 5.82 Å². The molecule has 2 heterocycles. The molecular weight excluding hydrogens is 259 g/mol. The minimum Gasteiger partial charge on any atom is -0.465 e. The Balaban J connectivity index is 2.21. The van der Waals surface area contributed by atoms with Crippen molar-refractivity contribution in [3.05, 3.63) is 60.2 Å². The molecule has 0 N–H and O–H groups in total. The number of pyridine rings is 1. The Morgan fingerprint density at radius 1 is 1.25 bits per heavy atom. The number of esters is 1. The largest absolute Gasteiger partial charge is 0.465 e. The Morgan fingerprint density at radius 2 is 2.10 bits per heavy atom. The summed E-state index contributed by atoms with van der Waals surface area (Å²) < 4.78 is 20.6. The standard InChI is InChI=1S/C15H11FN2O2/c1-20-15(19)11-5-6-12-10(14(11)16)7-9-18(12)13-4-2-3-8-17-13/h2-9H,1H3. The van der Waals surface area contributed by atoms with E-state index in [-0.39, 0.29) is 5.56 Å². The minimum atomic E-state index is -0.685. The fourth-order valence-corrected chi connectivity index (χ4v) is 2.14. The monoisotopic (exact) mass is 270 g/mol. The maximum atomic E-state index is 14.3. The fraction of sp³-hybridized carbons (Fsp3) is 0.0667. The lowest BCUT2D eigenvalue weighted by Gasteiger charge is -2.06. The molecule has 0 saturated carbocycles. The van der Waals surface area contributed by atoms with Crippen LogP contribution in [0.2, 0.25) is 0 Å². The Kier molecular flexibility index (Phi) is 2.95. The number of aromatic nitrogens is 2. The lowest BCUT2D eigenvalue weighted by molar-refractivity contribution is 0.0596. The topological polar surface area (TPSA) is 44.1 Å². The molecular formula is C15H11FN2O2. The van der Waals surface area contributed by atoms with Gasteiger partial charge in [-0.1, -0.05) is 6.07 Å². The Hall–Kier alpha value is -2.69. The number of halogens is 1. The predicted octanol–water partition coefficient (Wildman–Crippen LogP) is 2.95. The minimum absolute atomic E-state index is 0.0706. The van der Waals surface area contributed by atoms with Gasteiger partial charge >= 0.3 is 5.97 Å². The highest BCUT2D eigenvalue weighted by molar-refractivity contribution is 5.95. The molecule has 0 unspecified atom stereocenters. The summed E-state index contributed by atoms with van der Waals surface area (Å²) in [7, 11) is 1.23. The highest BCUT2D eigenvalue weighted by atomic mass is 19.1. The molecule has 4 nitrogen and oxygen atoms in total. The third-order valence-corrected chi connectivity index (χ3v) is 3.11. The van der Waals surface area contributed by atoms with E-state index in [4.69, 9.17) is 0 Å². The third kappa shape index (κ3) is 1.84. The molecule has 0 aliphatic heterocycles. The lowest BCUT2D eigenvalue weighted by Crippen LogP contribution is -2.04. The zero-order chi connectivity index (χ0) is 14.1.